The van der Waals surface area contributed by atoms with Gasteiger partial charge in [-0.3, -0.25) is 19.7 Å². The predicted molar refractivity (Wildman–Crippen MR) is 99.3 cm³/mol. The summed E-state index contributed by atoms with van der Waals surface area (Å²) >= 11 is 0. The van der Waals surface area contributed by atoms with E-state index in [1.807, 2.05) is 0 Å². The molecule has 0 bridgehead atoms. The van der Waals surface area contributed by atoms with E-state index < -0.39 is 22.2 Å². The maximum atomic E-state index is 12.5. The summed E-state index contributed by atoms with van der Waals surface area (Å²) in [5.41, 5.74) is -0.577. The molecule has 0 aromatic heterocycles. The van der Waals surface area contributed by atoms with E-state index in [0.29, 0.717) is 23.6 Å². The van der Waals surface area contributed by atoms with E-state index in [2.05, 4.69) is 5.32 Å². The number of amides is 1. The molecule has 2 rings (SSSR count). The molecule has 0 heterocycles. The molecule has 8 heteroatoms. The second-order valence-corrected chi connectivity index (χ2v) is 6.33. The van der Waals surface area contributed by atoms with Gasteiger partial charge in [0.25, 0.3) is 11.6 Å². The quantitative estimate of drug-likeness (QED) is 0.566. The summed E-state index contributed by atoms with van der Waals surface area (Å²) in [5.74, 6) is -1.28. The summed E-state index contributed by atoms with van der Waals surface area (Å²) in [5, 5.41) is 23.0. The number of carboxylic acids is 1. The van der Waals surface area contributed by atoms with Crippen LogP contribution in [0, 0.1) is 10.1 Å². The Morgan fingerprint density at radius 1 is 1.19 bits per heavy atom. The van der Waals surface area contributed by atoms with Gasteiger partial charge in [0.15, 0.2) is 0 Å². The van der Waals surface area contributed by atoms with Crippen LogP contribution in [0.2, 0.25) is 0 Å². The van der Waals surface area contributed by atoms with Gasteiger partial charge in [0.2, 0.25) is 0 Å². The molecule has 0 spiro atoms. The molecule has 2 aromatic rings. The second-order valence-electron chi connectivity index (χ2n) is 6.33. The largest absolute Gasteiger partial charge is 0.494 e. The molecule has 27 heavy (non-hydrogen) atoms. The molecule has 0 aliphatic carbocycles. The number of benzene rings is 2. The summed E-state index contributed by atoms with van der Waals surface area (Å²) in [4.78, 5) is 34.4. The van der Waals surface area contributed by atoms with Crippen LogP contribution in [0.1, 0.15) is 36.7 Å². The minimum Gasteiger partial charge on any atom is -0.494 e. The number of ether oxygens (including phenoxy) is 1. The average Bonchev–Trinajstić information content (AvgIpc) is 2.62. The lowest BCUT2D eigenvalue weighted by Crippen LogP contribution is -2.28. The summed E-state index contributed by atoms with van der Waals surface area (Å²) < 4.78 is 5.30. The molecule has 0 atom stereocenters. The van der Waals surface area contributed by atoms with Crippen molar-refractivity contribution in [2.45, 2.75) is 26.2 Å². The van der Waals surface area contributed by atoms with Gasteiger partial charge in [0, 0.05) is 11.8 Å². The smallest absolute Gasteiger partial charge is 0.313 e. The minimum absolute atomic E-state index is 0.124. The number of hydrogen-bond acceptors (Lipinski definition) is 5. The van der Waals surface area contributed by atoms with Gasteiger partial charge in [0.1, 0.15) is 11.3 Å². The first-order valence-corrected chi connectivity index (χ1v) is 8.23. The Balaban J connectivity index is 2.28. The highest BCUT2D eigenvalue weighted by atomic mass is 16.6. The molecule has 8 nitrogen and oxygen atoms in total. The van der Waals surface area contributed by atoms with Crippen molar-refractivity contribution in [1.82, 2.24) is 0 Å². The van der Waals surface area contributed by atoms with E-state index >= 15 is 0 Å². The van der Waals surface area contributed by atoms with E-state index in [1.165, 1.54) is 18.2 Å². The number of carbonyl (C=O) groups is 2. The van der Waals surface area contributed by atoms with Crippen LogP contribution in [0.5, 0.6) is 5.75 Å². The van der Waals surface area contributed by atoms with E-state index in [1.54, 1.807) is 45.0 Å². The van der Waals surface area contributed by atoms with Crippen LogP contribution in [0.15, 0.2) is 42.5 Å². The number of aliphatic carboxylic acids is 1. The first-order chi connectivity index (χ1) is 12.7. The van der Waals surface area contributed by atoms with E-state index in [9.17, 15) is 24.8 Å². The van der Waals surface area contributed by atoms with Gasteiger partial charge >= 0.3 is 5.97 Å². The van der Waals surface area contributed by atoms with Gasteiger partial charge in [-0.25, -0.2) is 0 Å². The number of rotatable bonds is 7. The van der Waals surface area contributed by atoms with Crippen LogP contribution in [-0.2, 0) is 10.2 Å². The molecule has 0 saturated heterocycles. The second kappa shape index (κ2) is 7.86. The van der Waals surface area contributed by atoms with Crippen LogP contribution in [0.4, 0.5) is 11.4 Å². The lowest BCUT2D eigenvalue weighted by Gasteiger charge is -2.19. The van der Waals surface area contributed by atoms with Gasteiger partial charge in [0.05, 0.1) is 16.9 Å². The van der Waals surface area contributed by atoms with Crippen molar-refractivity contribution in [2.24, 2.45) is 0 Å². The highest BCUT2D eigenvalue weighted by Crippen LogP contribution is 2.27. The van der Waals surface area contributed by atoms with Crippen LogP contribution in [-0.4, -0.2) is 28.5 Å². The first-order valence-electron chi connectivity index (χ1n) is 8.23. The van der Waals surface area contributed by atoms with Crippen molar-refractivity contribution in [1.29, 1.82) is 0 Å². The summed E-state index contributed by atoms with van der Waals surface area (Å²) in [7, 11) is 0. The van der Waals surface area contributed by atoms with Crippen LogP contribution < -0.4 is 10.1 Å². The van der Waals surface area contributed by atoms with Crippen molar-refractivity contribution in [2.75, 3.05) is 11.9 Å². The van der Waals surface area contributed by atoms with Crippen LogP contribution >= 0.6 is 0 Å². The molecule has 0 saturated carbocycles. The Kier molecular flexibility index (Phi) is 5.79. The Labute approximate surface area is 155 Å². The lowest BCUT2D eigenvalue weighted by molar-refractivity contribution is -0.385. The zero-order valence-corrected chi connectivity index (χ0v) is 15.2. The number of carboxylic acid groups (broad SMARTS) is 1. The molecule has 2 aromatic carbocycles. The lowest BCUT2D eigenvalue weighted by atomic mass is 9.85. The molecule has 0 fully saturated rings. The van der Waals surface area contributed by atoms with Crippen molar-refractivity contribution in [3.8, 4) is 5.75 Å². The van der Waals surface area contributed by atoms with Crippen molar-refractivity contribution < 1.29 is 24.4 Å². The molecule has 1 amide bonds. The maximum Gasteiger partial charge on any atom is 0.313 e. The number of hydrogen-bond donors (Lipinski definition) is 2. The standard InChI is InChI=1S/C19H20N2O6/c1-4-27-14-9-10-16(21(25)26)15(11-14)17(22)20-13-7-5-12(6-8-13)19(2,3)18(23)24/h5-11H,4H2,1-3H3,(H,20,22)(H,23,24). The molecule has 2 N–H and O–H groups in total. The van der Waals surface area contributed by atoms with Gasteiger partial charge in [-0.15, -0.1) is 0 Å². The zero-order valence-electron chi connectivity index (χ0n) is 15.2. The number of nitro benzene ring substituents is 1. The van der Waals surface area contributed by atoms with Gasteiger partial charge in [-0.05, 0) is 50.6 Å². The van der Waals surface area contributed by atoms with Gasteiger partial charge < -0.3 is 15.2 Å². The third kappa shape index (κ3) is 4.41. The monoisotopic (exact) mass is 372 g/mol. The molecule has 0 aliphatic heterocycles. The Bertz CT molecular complexity index is 874. The number of nitrogens with one attached hydrogen (secondary N) is 1. The molecule has 0 radical (unpaired) electrons. The Hall–Kier alpha value is -3.42. The van der Waals surface area contributed by atoms with Crippen molar-refractivity contribution in [3.05, 3.63) is 63.7 Å². The number of nitrogens with zero attached hydrogens (tertiary/aromatic N) is 1. The minimum atomic E-state index is -1.08. The molecular formula is C19H20N2O6. The third-order valence-electron chi connectivity index (χ3n) is 4.12. The zero-order chi connectivity index (χ0) is 20.2. The first kappa shape index (κ1) is 19.9. The Morgan fingerprint density at radius 3 is 2.33 bits per heavy atom. The van der Waals surface area contributed by atoms with Gasteiger partial charge in [-0.2, -0.15) is 0 Å². The molecule has 142 valence electrons. The maximum absolute atomic E-state index is 12.5. The number of carbonyl (C=O) groups excluding carboxylic acids is 1. The number of nitro groups is 1. The fourth-order valence-corrected chi connectivity index (χ4v) is 2.40. The predicted octanol–water partition coefficient (Wildman–Crippen LogP) is 3.61. The molecule has 0 aliphatic rings. The Morgan fingerprint density at radius 2 is 1.81 bits per heavy atom. The average molecular weight is 372 g/mol. The summed E-state index contributed by atoms with van der Waals surface area (Å²) in [6, 6.07) is 10.3. The molecular weight excluding hydrogens is 352 g/mol. The highest BCUT2D eigenvalue weighted by molar-refractivity contribution is 6.07. The van der Waals surface area contributed by atoms with Gasteiger partial charge in [-0.1, -0.05) is 12.1 Å². The fourth-order valence-electron chi connectivity index (χ4n) is 2.40. The van der Waals surface area contributed by atoms with E-state index in [-0.39, 0.29) is 11.3 Å². The SMILES string of the molecule is CCOc1ccc([N+](=O)[O-])c(C(=O)Nc2ccc(C(C)(C)C(=O)O)cc2)c1. The molecule has 0 unspecified atom stereocenters. The summed E-state index contributed by atoms with van der Waals surface area (Å²) in [6.07, 6.45) is 0. The topological polar surface area (TPSA) is 119 Å². The third-order valence-corrected chi connectivity index (χ3v) is 4.12. The van der Waals surface area contributed by atoms with Crippen molar-refractivity contribution in [3.63, 3.8) is 0 Å². The van der Waals surface area contributed by atoms with E-state index in [0.717, 1.165) is 0 Å². The normalized spacial score (nSPS) is 10.9. The highest BCUT2D eigenvalue weighted by Gasteiger charge is 2.29. The van der Waals surface area contributed by atoms with E-state index in [4.69, 9.17) is 4.74 Å². The summed E-state index contributed by atoms with van der Waals surface area (Å²) in [6.45, 7) is 5.28. The van der Waals surface area contributed by atoms with Crippen LogP contribution in [0.3, 0.4) is 0 Å². The van der Waals surface area contributed by atoms with Crippen LogP contribution in [0.25, 0.3) is 0 Å². The fraction of sp³-hybridized carbons (Fsp3) is 0.263. The van der Waals surface area contributed by atoms with Crippen molar-refractivity contribution >= 4 is 23.3 Å². The number of anilines is 1.